The molecule has 1 saturated heterocycles. The van der Waals surface area contributed by atoms with E-state index in [1.807, 2.05) is 0 Å². The van der Waals surface area contributed by atoms with Gasteiger partial charge in [0.05, 0.1) is 0 Å². The van der Waals surface area contributed by atoms with E-state index in [0.29, 0.717) is 12.1 Å². The Bertz CT molecular complexity index is 428. The second-order valence-corrected chi connectivity index (χ2v) is 4.26. The van der Waals surface area contributed by atoms with Crippen molar-refractivity contribution < 1.29 is 14.0 Å². The van der Waals surface area contributed by atoms with Crippen LogP contribution in [0.5, 0.6) is 0 Å². The van der Waals surface area contributed by atoms with Crippen LogP contribution in [0.4, 0.5) is 4.39 Å². The third kappa shape index (κ3) is 2.90. The highest BCUT2D eigenvalue weighted by Gasteiger charge is 2.24. The predicted molar refractivity (Wildman–Crippen MR) is 61.1 cm³/mol. The molecular weight excluding hydrogens is 221 g/mol. The van der Waals surface area contributed by atoms with Crippen LogP contribution in [0.25, 0.3) is 0 Å². The number of benzene rings is 1. The van der Waals surface area contributed by atoms with Crippen molar-refractivity contribution in [3.05, 3.63) is 35.6 Å². The van der Waals surface area contributed by atoms with E-state index in [0.717, 1.165) is 12.8 Å². The molecule has 0 aliphatic carbocycles. The monoisotopic (exact) mass is 235 g/mol. The summed E-state index contributed by atoms with van der Waals surface area (Å²) in [5.41, 5.74) is 0.463. The zero-order chi connectivity index (χ0) is 12.3. The van der Waals surface area contributed by atoms with Gasteiger partial charge in [0.25, 0.3) is 0 Å². The molecule has 3 nitrogen and oxygen atoms in total. The average molecular weight is 235 g/mol. The van der Waals surface area contributed by atoms with Gasteiger partial charge in [-0.25, -0.2) is 4.39 Å². The smallest absolute Gasteiger partial charge is 0.223 e. The number of ketones is 1. The summed E-state index contributed by atoms with van der Waals surface area (Å²) in [7, 11) is 0. The van der Waals surface area contributed by atoms with Gasteiger partial charge in [-0.15, -0.1) is 0 Å². The molecule has 1 fully saturated rings. The summed E-state index contributed by atoms with van der Waals surface area (Å²) in [6.45, 7) is 0.695. The lowest BCUT2D eigenvalue weighted by Crippen LogP contribution is -2.37. The molecule has 17 heavy (non-hydrogen) atoms. The Labute approximate surface area is 99.0 Å². The summed E-state index contributed by atoms with van der Waals surface area (Å²) in [5, 5.41) is 2.75. The number of Topliss-reactive ketones (excluding diaryl/α,β-unsaturated/α-hetero) is 1. The first-order chi connectivity index (χ1) is 8.16. The molecule has 1 aliphatic heterocycles. The van der Waals surface area contributed by atoms with Gasteiger partial charge in [0.15, 0.2) is 5.78 Å². The van der Waals surface area contributed by atoms with Crippen LogP contribution >= 0.6 is 0 Å². The Morgan fingerprint density at radius 3 is 2.71 bits per heavy atom. The maximum absolute atomic E-state index is 12.7. The second kappa shape index (κ2) is 5.08. The largest absolute Gasteiger partial charge is 0.356 e. The molecule has 1 aliphatic rings. The summed E-state index contributed by atoms with van der Waals surface area (Å²) in [4.78, 5) is 23.4. The number of hydrogen-bond donors (Lipinski definition) is 1. The van der Waals surface area contributed by atoms with Gasteiger partial charge in [0.2, 0.25) is 5.91 Å². The zero-order valence-electron chi connectivity index (χ0n) is 9.41. The van der Waals surface area contributed by atoms with Gasteiger partial charge < -0.3 is 5.32 Å². The maximum atomic E-state index is 12.7. The number of carbonyl (C=O) groups excluding carboxylic acids is 2. The number of nitrogens with one attached hydrogen (secondary N) is 1. The van der Waals surface area contributed by atoms with E-state index in [1.54, 1.807) is 0 Å². The number of rotatable bonds is 3. The molecule has 2 rings (SSSR count). The van der Waals surface area contributed by atoms with Crippen LogP contribution in [0.2, 0.25) is 0 Å². The van der Waals surface area contributed by atoms with Crippen LogP contribution in [0.15, 0.2) is 24.3 Å². The SMILES string of the molecule is O=C(C[C@H]1CCCNC1=O)c1ccc(F)cc1. The molecule has 0 bridgehead atoms. The van der Waals surface area contributed by atoms with Gasteiger partial charge in [-0.3, -0.25) is 9.59 Å². The van der Waals surface area contributed by atoms with Crippen molar-refractivity contribution in [3.63, 3.8) is 0 Å². The van der Waals surface area contributed by atoms with Crippen molar-refractivity contribution >= 4 is 11.7 Å². The van der Waals surface area contributed by atoms with Crippen molar-refractivity contribution in [3.8, 4) is 0 Å². The van der Waals surface area contributed by atoms with Gasteiger partial charge in [-0.1, -0.05) is 0 Å². The van der Waals surface area contributed by atoms with Crippen LogP contribution in [0.1, 0.15) is 29.6 Å². The number of hydrogen-bond acceptors (Lipinski definition) is 2. The third-order valence-electron chi connectivity index (χ3n) is 3.00. The highest BCUT2D eigenvalue weighted by Crippen LogP contribution is 2.18. The number of halogens is 1. The highest BCUT2D eigenvalue weighted by atomic mass is 19.1. The van der Waals surface area contributed by atoms with E-state index in [2.05, 4.69) is 5.32 Å². The Balaban J connectivity index is 2.01. The molecule has 1 aromatic carbocycles. The minimum Gasteiger partial charge on any atom is -0.356 e. The lowest BCUT2D eigenvalue weighted by molar-refractivity contribution is -0.126. The van der Waals surface area contributed by atoms with E-state index in [4.69, 9.17) is 0 Å². The number of carbonyl (C=O) groups is 2. The zero-order valence-corrected chi connectivity index (χ0v) is 9.41. The van der Waals surface area contributed by atoms with Crippen LogP contribution in [-0.4, -0.2) is 18.2 Å². The molecule has 90 valence electrons. The average Bonchev–Trinajstić information content (AvgIpc) is 2.33. The molecule has 1 amide bonds. The van der Waals surface area contributed by atoms with Gasteiger partial charge in [0, 0.05) is 24.4 Å². The van der Waals surface area contributed by atoms with Gasteiger partial charge in [0.1, 0.15) is 5.82 Å². The molecule has 1 atom stereocenters. The molecule has 1 aromatic rings. The summed E-state index contributed by atoms with van der Waals surface area (Å²) in [6.07, 6.45) is 1.86. The van der Waals surface area contributed by atoms with E-state index < -0.39 is 0 Å². The summed E-state index contributed by atoms with van der Waals surface area (Å²) in [6, 6.07) is 5.43. The lowest BCUT2D eigenvalue weighted by atomic mass is 9.91. The Morgan fingerprint density at radius 2 is 2.06 bits per heavy atom. The first-order valence-corrected chi connectivity index (χ1v) is 5.73. The number of amides is 1. The normalized spacial score (nSPS) is 19.8. The van der Waals surface area contributed by atoms with E-state index in [1.165, 1.54) is 24.3 Å². The fourth-order valence-corrected chi connectivity index (χ4v) is 2.01. The minimum absolute atomic E-state index is 0.0493. The molecule has 1 heterocycles. The first-order valence-electron chi connectivity index (χ1n) is 5.73. The molecule has 4 heteroatoms. The first kappa shape index (κ1) is 11.8. The highest BCUT2D eigenvalue weighted by molar-refractivity contribution is 5.98. The number of piperidine rings is 1. The minimum atomic E-state index is -0.364. The summed E-state index contributed by atoms with van der Waals surface area (Å²) < 4.78 is 12.7. The van der Waals surface area contributed by atoms with Crippen LogP contribution in [-0.2, 0) is 4.79 Å². The summed E-state index contributed by atoms with van der Waals surface area (Å²) >= 11 is 0. The topological polar surface area (TPSA) is 46.2 Å². The summed E-state index contributed by atoms with van der Waals surface area (Å²) in [5.74, 6) is -0.753. The quantitative estimate of drug-likeness (QED) is 0.814. The maximum Gasteiger partial charge on any atom is 0.223 e. The molecule has 0 radical (unpaired) electrons. The molecular formula is C13H14FNO2. The Kier molecular flexibility index (Phi) is 3.52. The van der Waals surface area contributed by atoms with Gasteiger partial charge >= 0.3 is 0 Å². The van der Waals surface area contributed by atoms with Crippen LogP contribution < -0.4 is 5.32 Å². The molecule has 0 saturated carbocycles. The third-order valence-corrected chi connectivity index (χ3v) is 3.00. The van der Waals surface area contributed by atoms with Crippen LogP contribution in [0.3, 0.4) is 0 Å². The standard InChI is InChI=1S/C13H14FNO2/c14-11-5-3-9(4-6-11)12(16)8-10-2-1-7-15-13(10)17/h3-6,10H,1-2,7-8H2,(H,15,17)/t10-/m1/s1. The van der Waals surface area contributed by atoms with E-state index >= 15 is 0 Å². The van der Waals surface area contributed by atoms with Crippen molar-refractivity contribution in [1.82, 2.24) is 5.32 Å². The van der Waals surface area contributed by atoms with Gasteiger partial charge in [-0.2, -0.15) is 0 Å². The Morgan fingerprint density at radius 1 is 1.35 bits per heavy atom. The van der Waals surface area contributed by atoms with E-state index in [-0.39, 0.29) is 29.8 Å². The van der Waals surface area contributed by atoms with Crippen LogP contribution in [0, 0.1) is 11.7 Å². The van der Waals surface area contributed by atoms with E-state index in [9.17, 15) is 14.0 Å². The van der Waals surface area contributed by atoms with Crippen molar-refractivity contribution in [2.75, 3.05) is 6.54 Å². The molecule has 0 aromatic heterocycles. The molecule has 0 spiro atoms. The fraction of sp³-hybridized carbons (Fsp3) is 0.385. The predicted octanol–water partition coefficient (Wildman–Crippen LogP) is 1.92. The molecule has 0 unspecified atom stereocenters. The van der Waals surface area contributed by atoms with Crippen molar-refractivity contribution in [1.29, 1.82) is 0 Å². The van der Waals surface area contributed by atoms with Crippen molar-refractivity contribution in [2.45, 2.75) is 19.3 Å². The lowest BCUT2D eigenvalue weighted by Gasteiger charge is -2.20. The molecule has 1 N–H and O–H groups in total. The van der Waals surface area contributed by atoms with Crippen molar-refractivity contribution in [2.24, 2.45) is 5.92 Å². The second-order valence-electron chi connectivity index (χ2n) is 4.26. The fourth-order valence-electron chi connectivity index (χ4n) is 2.01. The van der Waals surface area contributed by atoms with Gasteiger partial charge in [-0.05, 0) is 37.1 Å². The Hall–Kier alpha value is -1.71.